The molecule has 9 heteroatoms. The number of carbonyl (C=O) groups is 2. The zero-order valence-corrected chi connectivity index (χ0v) is 18.8. The number of nitrogens with one attached hydrogen (secondary N) is 2. The van der Waals surface area contributed by atoms with Gasteiger partial charge in [-0.15, -0.1) is 23.1 Å². The van der Waals surface area contributed by atoms with Crippen LogP contribution in [0.1, 0.15) is 30.1 Å². The summed E-state index contributed by atoms with van der Waals surface area (Å²) in [5.74, 6) is 0.713. The van der Waals surface area contributed by atoms with Gasteiger partial charge in [0.15, 0.2) is 0 Å². The van der Waals surface area contributed by atoms with E-state index >= 15 is 0 Å². The van der Waals surface area contributed by atoms with E-state index in [2.05, 4.69) is 15.3 Å². The van der Waals surface area contributed by atoms with E-state index in [1.807, 2.05) is 32.0 Å². The second-order valence-electron chi connectivity index (χ2n) is 7.73. The van der Waals surface area contributed by atoms with Crippen molar-refractivity contribution in [2.24, 2.45) is 0 Å². The summed E-state index contributed by atoms with van der Waals surface area (Å²) >= 11 is 2.86. The average Bonchev–Trinajstić information content (AvgIpc) is 2.96. The van der Waals surface area contributed by atoms with Crippen LogP contribution < -0.4 is 15.8 Å². The predicted molar refractivity (Wildman–Crippen MR) is 123 cm³/mol. The van der Waals surface area contributed by atoms with Crippen molar-refractivity contribution >= 4 is 56.5 Å². The minimum Gasteiger partial charge on any atom is -0.322 e. The predicted octanol–water partition coefficient (Wildman–Crippen LogP) is 3.60. The van der Waals surface area contributed by atoms with Gasteiger partial charge in [-0.2, -0.15) is 0 Å². The number of fused-ring (bicyclic) bond motifs is 2. The van der Waals surface area contributed by atoms with Crippen LogP contribution in [0, 0.1) is 13.8 Å². The van der Waals surface area contributed by atoms with Gasteiger partial charge in [-0.3, -0.25) is 19.3 Å². The van der Waals surface area contributed by atoms with E-state index in [4.69, 9.17) is 0 Å². The van der Waals surface area contributed by atoms with Crippen molar-refractivity contribution in [3.8, 4) is 0 Å². The maximum atomic E-state index is 13.1. The standard InChI is InChI=1S/C21H22N4O3S2/c1-11-12(2)30-19-17(11)18(27)23-15(24-19)9-29-10-16(26)25-14-8-6-5-7-13(14)22-20(28)21(25,3)4/h5-8H,9-10H2,1-4H3,(H,22,28)(H,23,24,27). The number of amides is 2. The molecule has 0 spiro atoms. The van der Waals surface area contributed by atoms with E-state index in [9.17, 15) is 14.4 Å². The van der Waals surface area contributed by atoms with Crippen LogP contribution in [0.4, 0.5) is 11.4 Å². The van der Waals surface area contributed by atoms with E-state index in [0.29, 0.717) is 28.3 Å². The van der Waals surface area contributed by atoms with Crippen LogP contribution >= 0.6 is 23.1 Å². The minimum atomic E-state index is -0.997. The Morgan fingerprint density at radius 3 is 2.73 bits per heavy atom. The molecule has 1 aliphatic heterocycles. The number of para-hydroxylation sites is 2. The molecule has 3 aromatic rings. The van der Waals surface area contributed by atoms with Gasteiger partial charge in [-0.1, -0.05) is 12.1 Å². The van der Waals surface area contributed by atoms with Crippen molar-refractivity contribution in [2.45, 2.75) is 39.0 Å². The number of carbonyl (C=O) groups excluding carboxylic acids is 2. The number of aryl methyl sites for hydroxylation is 2. The van der Waals surface area contributed by atoms with Crippen LogP contribution in [0.3, 0.4) is 0 Å². The van der Waals surface area contributed by atoms with Crippen LogP contribution in [0.2, 0.25) is 0 Å². The molecule has 0 saturated heterocycles. The summed E-state index contributed by atoms with van der Waals surface area (Å²) in [6, 6.07) is 7.27. The van der Waals surface area contributed by atoms with Gasteiger partial charge in [0.25, 0.3) is 5.56 Å². The fourth-order valence-corrected chi connectivity index (χ4v) is 5.35. The number of hydrogen-bond donors (Lipinski definition) is 2. The third-order valence-corrected chi connectivity index (χ3v) is 7.34. The van der Waals surface area contributed by atoms with E-state index in [-0.39, 0.29) is 23.1 Å². The quantitative estimate of drug-likeness (QED) is 0.644. The Morgan fingerprint density at radius 2 is 1.97 bits per heavy atom. The average molecular weight is 443 g/mol. The topological polar surface area (TPSA) is 95.2 Å². The van der Waals surface area contributed by atoms with Crippen molar-refractivity contribution < 1.29 is 9.59 Å². The molecule has 0 bridgehead atoms. The maximum absolute atomic E-state index is 13.1. The Balaban J connectivity index is 1.52. The number of anilines is 2. The maximum Gasteiger partial charge on any atom is 0.259 e. The monoisotopic (exact) mass is 442 g/mol. The Morgan fingerprint density at radius 1 is 1.23 bits per heavy atom. The summed E-state index contributed by atoms with van der Waals surface area (Å²) in [5, 5.41) is 3.50. The van der Waals surface area contributed by atoms with Crippen LogP contribution in [0.15, 0.2) is 29.1 Å². The first-order valence-electron chi connectivity index (χ1n) is 9.50. The van der Waals surface area contributed by atoms with Gasteiger partial charge in [0.2, 0.25) is 11.8 Å². The normalized spacial score (nSPS) is 15.2. The van der Waals surface area contributed by atoms with Crippen LogP contribution in [-0.2, 0) is 15.3 Å². The van der Waals surface area contributed by atoms with Gasteiger partial charge < -0.3 is 10.3 Å². The van der Waals surface area contributed by atoms with Gasteiger partial charge in [0.1, 0.15) is 16.2 Å². The molecular formula is C21H22N4O3S2. The van der Waals surface area contributed by atoms with E-state index in [0.717, 1.165) is 15.3 Å². The molecule has 0 unspecified atom stereocenters. The number of aromatic amines is 1. The number of nitrogens with zero attached hydrogens (tertiary/aromatic N) is 2. The molecule has 0 fully saturated rings. The lowest BCUT2D eigenvalue weighted by atomic mass is 9.96. The molecule has 1 aromatic carbocycles. The molecule has 156 valence electrons. The zero-order valence-electron chi connectivity index (χ0n) is 17.2. The van der Waals surface area contributed by atoms with Crippen LogP contribution in [0.5, 0.6) is 0 Å². The van der Waals surface area contributed by atoms with Crippen molar-refractivity contribution in [1.82, 2.24) is 9.97 Å². The number of thioether (sulfide) groups is 1. The molecule has 0 aliphatic carbocycles. The van der Waals surface area contributed by atoms with Gasteiger partial charge in [-0.05, 0) is 45.4 Å². The van der Waals surface area contributed by atoms with Gasteiger partial charge in [-0.25, -0.2) is 4.98 Å². The number of hydrogen-bond acceptors (Lipinski definition) is 6. The molecule has 4 rings (SSSR count). The van der Waals surface area contributed by atoms with E-state index in [1.165, 1.54) is 23.1 Å². The Labute approximate surface area is 181 Å². The lowest BCUT2D eigenvalue weighted by molar-refractivity contribution is -0.125. The molecule has 1 aliphatic rings. The Hall–Kier alpha value is -2.65. The van der Waals surface area contributed by atoms with Crippen molar-refractivity contribution in [3.63, 3.8) is 0 Å². The first-order valence-corrected chi connectivity index (χ1v) is 11.5. The Bertz CT molecular complexity index is 1230. The zero-order chi connectivity index (χ0) is 21.6. The molecule has 30 heavy (non-hydrogen) atoms. The number of rotatable bonds is 4. The highest BCUT2D eigenvalue weighted by Crippen LogP contribution is 2.37. The lowest BCUT2D eigenvalue weighted by Crippen LogP contribution is -2.59. The molecule has 2 N–H and O–H groups in total. The van der Waals surface area contributed by atoms with Gasteiger partial charge >= 0.3 is 0 Å². The number of aromatic nitrogens is 2. The van der Waals surface area contributed by atoms with Crippen molar-refractivity contribution in [3.05, 3.63) is 50.9 Å². The lowest BCUT2D eigenvalue weighted by Gasteiger charge is -2.42. The van der Waals surface area contributed by atoms with Crippen molar-refractivity contribution in [1.29, 1.82) is 0 Å². The number of benzene rings is 1. The van der Waals surface area contributed by atoms with E-state index in [1.54, 1.807) is 24.8 Å². The summed E-state index contributed by atoms with van der Waals surface area (Å²) in [5.41, 5.74) is 1.13. The minimum absolute atomic E-state index is 0.147. The molecule has 2 aromatic heterocycles. The molecule has 2 amide bonds. The fraction of sp³-hybridized carbons (Fsp3) is 0.333. The number of thiophene rings is 1. The van der Waals surface area contributed by atoms with E-state index < -0.39 is 5.54 Å². The summed E-state index contributed by atoms with van der Waals surface area (Å²) in [7, 11) is 0. The van der Waals surface area contributed by atoms with Gasteiger partial charge in [0, 0.05) is 4.88 Å². The molecular weight excluding hydrogens is 420 g/mol. The first kappa shape index (κ1) is 20.6. The van der Waals surface area contributed by atoms with Crippen molar-refractivity contribution in [2.75, 3.05) is 16.0 Å². The highest BCUT2D eigenvalue weighted by atomic mass is 32.2. The second kappa shape index (κ2) is 7.55. The smallest absolute Gasteiger partial charge is 0.259 e. The molecule has 3 heterocycles. The number of H-pyrrole nitrogens is 1. The summed E-state index contributed by atoms with van der Waals surface area (Å²) in [6.07, 6.45) is 0. The van der Waals surface area contributed by atoms with Crippen LogP contribution in [-0.4, -0.2) is 33.1 Å². The highest BCUT2D eigenvalue weighted by Gasteiger charge is 2.43. The fourth-order valence-electron chi connectivity index (χ4n) is 3.57. The third kappa shape index (κ3) is 3.41. The van der Waals surface area contributed by atoms with Gasteiger partial charge in [0.05, 0.1) is 28.3 Å². The largest absolute Gasteiger partial charge is 0.322 e. The first-order chi connectivity index (χ1) is 14.2. The summed E-state index contributed by atoms with van der Waals surface area (Å²) in [6.45, 7) is 7.36. The molecule has 0 atom stereocenters. The second-order valence-corrected chi connectivity index (χ2v) is 9.92. The third-order valence-electron chi connectivity index (χ3n) is 5.31. The molecule has 7 nitrogen and oxygen atoms in total. The summed E-state index contributed by atoms with van der Waals surface area (Å²) < 4.78 is 0. The SMILES string of the molecule is Cc1sc2nc(CSCC(=O)N3c4ccccc4NC(=O)C3(C)C)[nH]c(=O)c2c1C. The highest BCUT2D eigenvalue weighted by molar-refractivity contribution is 7.99. The Kier molecular flexibility index (Phi) is 5.19. The molecule has 0 saturated carbocycles. The summed E-state index contributed by atoms with van der Waals surface area (Å²) in [4.78, 5) is 48.7. The van der Waals surface area contributed by atoms with Crippen LogP contribution in [0.25, 0.3) is 10.2 Å². The molecule has 0 radical (unpaired) electrons.